The molecule has 1 aliphatic rings. The molecular weight excluding hydrogens is 238 g/mol. The van der Waals surface area contributed by atoms with Crippen LogP contribution in [0, 0.1) is 5.92 Å². The molecule has 0 aromatic rings. The number of nitrogens with zero attached hydrogens (tertiary/aromatic N) is 1. The highest BCUT2D eigenvalue weighted by molar-refractivity contribution is 7.80. The number of likely N-dealkylation sites (tertiary alicyclic amines) is 1. The van der Waals surface area contributed by atoms with Crippen LogP contribution in [0.4, 0.5) is 0 Å². The van der Waals surface area contributed by atoms with Crippen molar-refractivity contribution in [3.05, 3.63) is 0 Å². The number of hydrogen-bond acceptors (Lipinski definition) is 3. The number of nitrogens with two attached hydrogens (primary N) is 2. The van der Waals surface area contributed by atoms with Crippen molar-refractivity contribution in [3.63, 3.8) is 0 Å². The molecule has 0 aromatic heterocycles. The molecule has 0 bridgehead atoms. The van der Waals surface area contributed by atoms with Crippen LogP contribution < -0.4 is 11.5 Å². The van der Waals surface area contributed by atoms with Gasteiger partial charge in [-0.2, -0.15) is 0 Å². The summed E-state index contributed by atoms with van der Waals surface area (Å²) in [5, 5.41) is 0. The molecule has 1 fully saturated rings. The molecule has 2 amide bonds. The summed E-state index contributed by atoms with van der Waals surface area (Å²) >= 11 is 4.88. The van der Waals surface area contributed by atoms with Gasteiger partial charge in [0.05, 0.1) is 10.9 Å². The first-order chi connectivity index (χ1) is 7.99. The second kappa shape index (κ2) is 5.95. The van der Waals surface area contributed by atoms with Crippen LogP contribution in [0.15, 0.2) is 0 Å². The summed E-state index contributed by atoms with van der Waals surface area (Å²) in [4.78, 5) is 25.3. The van der Waals surface area contributed by atoms with Gasteiger partial charge in [0.1, 0.15) is 6.04 Å². The van der Waals surface area contributed by atoms with Crippen LogP contribution >= 0.6 is 12.2 Å². The monoisotopic (exact) mass is 257 g/mol. The molecule has 17 heavy (non-hydrogen) atoms. The Hall–Kier alpha value is -1.17. The van der Waals surface area contributed by atoms with Gasteiger partial charge in [0.25, 0.3) is 0 Å². The lowest BCUT2D eigenvalue weighted by atomic mass is 9.97. The van der Waals surface area contributed by atoms with Crippen molar-refractivity contribution < 1.29 is 9.59 Å². The minimum atomic E-state index is -0.500. The molecule has 1 heterocycles. The summed E-state index contributed by atoms with van der Waals surface area (Å²) in [6, 6.07) is -0.500. The number of hydrogen-bond donors (Lipinski definition) is 2. The summed E-state index contributed by atoms with van der Waals surface area (Å²) in [5.41, 5.74) is 10.9. The van der Waals surface area contributed by atoms with Crippen molar-refractivity contribution in [2.45, 2.75) is 38.6 Å². The number of primary amides is 1. The van der Waals surface area contributed by atoms with Gasteiger partial charge in [-0.25, -0.2) is 0 Å². The standard InChI is InChI=1S/C11H19N3O2S/c1-2-7(10(13)17)11(16)14-6-4-3-5-8(14)9(12)15/h7-8H,2-6H2,1H3,(H2,12,15)(H2,13,17). The average Bonchev–Trinajstić information content (AvgIpc) is 2.29. The van der Waals surface area contributed by atoms with E-state index in [0.29, 0.717) is 19.4 Å². The van der Waals surface area contributed by atoms with Gasteiger partial charge >= 0.3 is 0 Å². The molecule has 96 valence electrons. The number of carbonyl (C=O) groups is 2. The predicted octanol–water partition coefficient (Wildman–Crippen LogP) is 0.165. The molecule has 4 N–H and O–H groups in total. The first kappa shape index (κ1) is 13.9. The van der Waals surface area contributed by atoms with E-state index in [9.17, 15) is 9.59 Å². The maximum Gasteiger partial charge on any atom is 0.240 e. The highest BCUT2D eigenvalue weighted by atomic mass is 32.1. The highest BCUT2D eigenvalue weighted by Crippen LogP contribution is 2.20. The number of thiocarbonyl (C=S) groups is 1. The molecule has 0 aliphatic carbocycles. The average molecular weight is 257 g/mol. The Morgan fingerprint density at radius 1 is 1.41 bits per heavy atom. The van der Waals surface area contributed by atoms with Crippen molar-refractivity contribution in [3.8, 4) is 0 Å². The predicted molar refractivity (Wildman–Crippen MR) is 69.1 cm³/mol. The number of amides is 2. The Morgan fingerprint density at radius 3 is 2.53 bits per heavy atom. The van der Waals surface area contributed by atoms with Gasteiger partial charge in [0.2, 0.25) is 11.8 Å². The van der Waals surface area contributed by atoms with Crippen molar-refractivity contribution >= 4 is 29.0 Å². The molecule has 2 unspecified atom stereocenters. The fraction of sp³-hybridized carbons (Fsp3) is 0.727. The van der Waals surface area contributed by atoms with E-state index in [1.807, 2.05) is 6.92 Å². The third-order valence-corrected chi connectivity index (χ3v) is 3.45. The zero-order valence-electron chi connectivity index (χ0n) is 10.0. The zero-order chi connectivity index (χ0) is 13.0. The Bertz CT molecular complexity index is 333. The van der Waals surface area contributed by atoms with E-state index in [2.05, 4.69) is 0 Å². The maximum absolute atomic E-state index is 12.2. The Balaban J connectivity index is 2.84. The van der Waals surface area contributed by atoms with Gasteiger partial charge < -0.3 is 16.4 Å². The third kappa shape index (κ3) is 3.15. The van der Waals surface area contributed by atoms with Gasteiger partial charge in [0, 0.05) is 6.54 Å². The lowest BCUT2D eigenvalue weighted by Crippen LogP contribution is -2.53. The van der Waals surface area contributed by atoms with Crippen LogP contribution in [-0.2, 0) is 9.59 Å². The molecular formula is C11H19N3O2S. The lowest BCUT2D eigenvalue weighted by Gasteiger charge is -2.35. The summed E-state index contributed by atoms with van der Waals surface area (Å²) < 4.78 is 0. The summed E-state index contributed by atoms with van der Waals surface area (Å²) in [6.07, 6.45) is 3.00. The topological polar surface area (TPSA) is 89.4 Å². The zero-order valence-corrected chi connectivity index (χ0v) is 10.8. The fourth-order valence-corrected chi connectivity index (χ4v) is 2.46. The Kier molecular flexibility index (Phi) is 4.86. The van der Waals surface area contributed by atoms with Crippen LogP contribution in [0.2, 0.25) is 0 Å². The molecule has 1 saturated heterocycles. The molecule has 0 spiro atoms. The van der Waals surface area contributed by atoms with E-state index in [0.717, 1.165) is 12.8 Å². The first-order valence-corrected chi connectivity index (χ1v) is 6.29. The van der Waals surface area contributed by atoms with Crippen LogP contribution in [0.1, 0.15) is 32.6 Å². The van der Waals surface area contributed by atoms with Crippen molar-refractivity contribution in [1.82, 2.24) is 4.90 Å². The smallest absolute Gasteiger partial charge is 0.240 e. The maximum atomic E-state index is 12.2. The van der Waals surface area contributed by atoms with Crippen LogP contribution in [0.3, 0.4) is 0 Å². The summed E-state index contributed by atoms with van der Waals surface area (Å²) in [5.74, 6) is -1.09. The van der Waals surface area contributed by atoms with Gasteiger partial charge in [-0.1, -0.05) is 19.1 Å². The van der Waals surface area contributed by atoms with Crippen LogP contribution in [-0.4, -0.2) is 34.3 Å². The largest absolute Gasteiger partial charge is 0.393 e. The molecule has 2 atom stereocenters. The van der Waals surface area contributed by atoms with Crippen molar-refractivity contribution in [2.75, 3.05) is 6.54 Å². The molecule has 0 saturated carbocycles. The molecule has 1 aliphatic heterocycles. The SMILES string of the molecule is CCC(C(=O)N1CCCCC1C(N)=O)C(N)=S. The molecule has 1 rings (SSSR count). The van der Waals surface area contributed by atoms with Crippen LogP contribution in [0.25, 0.3) is 0 Å². The Labute approximate surface area is 107 Å². The molecule has 0 aromatic carbocycles. The van der Waals surface area contributed by atoms with E-state index in [-0.39, 0.29) is 10.9 Å². The summed E-state index contributed by atoms with van der Waals surface area (Å²) in [7, 11) is 0. The van der Waals surface area contributed by atoms with E-state index in [4.69, 9.17) is 23.7 Å². The highest BCUT2D eigenvalue weighted by Gasteiger charge is 2.34. The number of carbonyl (C=O) groups excluding carboxylic acids is 2. The third-order valence-electron chi connectivity index (χ3n) is 3.16. The van der Waals surface area contributed by atoms with E-state index < -0.39 is 17.9 Å². The van der Waals surface area contributed by atoms with E-state index >= 15 is 0 Å². The van der Waals surface area contributed by atoms with E-state index in [1.165, 1.54) is 0 Å². The second-order valence-electron chi connectivity index (χ2n) is 4.31. The van der Waals surface area contributed by atoms with Gasteiger partial charge in [-0.15, -0.1) is 0 Å². The minimum absolute atomic E-state index is 0.163. The quantitative estimate of drug-likeness (QED) is 0.702. The molecule has 5 nitrogen and oxygen atoms in total. The van der Waals surface area contributed by atoms with Crippen molar-refractivity contribution in [2.24, 2.45) is 17.4 Å². The van der Waals surface area contributed by atoms with Gasteiger partial charge in [0.15, 0.2) is 0 Å². The minimum Gasteiger partial charge on any atom is -0.393 e. The molecule has 6 heteroatoms. The Morgan fingerprint density at radius 2 is 2.06 bits per heavy atom. The van der Waals surface area contributed by atoms with Crippen LogP contribution in [0.5, 0.6) is 0 Å². The first-order valence-electron chi connectivity index (χ1n) is 5.88. The second-order valence-corrected chi connectivity index (χ2v) is 4.78. The lowest BCUT2D eigenvalue weighted by molar-refractivity contribution is -0.142. The van der Waals surface area contributed by atoms with E-state index in [1.54, 1.807) is 4.90 Å². The number of piperidine rings is 1. The summed E-state index contributed by atoms with van der Waals surface area (Å²) in [6.45, 7) is 2.41. The number of rotatable bonds is 4. The van der Waals surface area contributed by atoms with Gasteiger partial charge in [-0.05, 0) is 25.7 Å². The van der Waals surface area contributed by atoms with Gasteiger partial charge in [-0.3, -0.25) is 9.59 Å². The normalized spacial score (nSPS) is 21.9. The molecule has 0 radical (unpaired) electrons. The van der Waals surface area contributed by atoms with Crippen molar-refractivity contribution in [1.29, 1.82) is 0 Å². The fourth-order valence-electron chi connectivity index (χ4n) is 2.19.